The van der Waals surface area contributed by atoms with Crippen molar-refractivity contribution < 1.29 is 9.53 Å². The highest BCUT2D eigenvalue weighted by Crippen LogP contribution is 2.21. The van der Waals surface area contributed by atoms with Crippen molar-refractivity contribution in [1.82, 2.24) is 10.3 Å². The number of thiazole rings is 1. The molecule has 3 rings (SSSR count). The van der Waals surface area contributed by atoms with Crippen molar-refractivity contribution in [2.24, 2.45) is 0 Å². The van der Waals surface area contributed by atoms with Crippen molar-refractivity contribution >= 4 is 33.3 Å². The Labute approximate surface area is 131 Å². The van der Waals surface area contributed by atoms with Gasteiger partial charge in [0.05, 0.1) is 7.11 Å². The molecule has 2 N–H and O–H groups in total. The van der Waals surface area contributed by atoms with Crippen molar-refractivity contribution in [2.75, 3.05) is 12.4 Å². The lowest BCUT2D eigenvalue weighted by Gasteiger charge is -2.07. The predicted molar refractivity (Wildman–Crippen MR) is 88.5 cm³/mol. The molecule has 0 atom stereocenters. The number of nitrogens with one attached hydrogen (secondary N) is 2. The molecule has 0 aliphatic heterocycles. The van der Waals surface area contributed by atoms with Crippen molar-refractivity contribution in [3.63, 3.8) is 0 Å². The van der Waals surface area contributed by atoms with Gasteiger partial charge in [-0.1, -0.05) is 18.2 Å². The first kappa shape index (κ1) is 14.3. The van der Waals surface area contributed by atoms with E-state index in [0.29, 0.717) is 11.7 Å². The minimum Gasteiger partial charge on any atom is -0.497 e. The normalized spacial score (nSPS) is 10.4. The molecule has 2 amide bonds. The fourth-order valence-corrected chi connectivity index (χ4v) is 2.64. The third-order valence-electron chi connectivity index (χ3n) is 3.22. The molecule has 0 saturated heterocycles. The Balaban J connectivity index is 1.65. The first-order chi connectivity index (χ1) is 10.7. The summed E-state index contributed by atoms with van der Waals surface area (Å²) in [5.41, 5.74) is 1.03. The van der Waals surface area contributed by atoms with E-state index in [9.17, 15) is 4.79 Å². The van der Waals surface area contributed by atoms with E-state index in [2.05, 4.69) is 21.7 Å². The lowest BCUT2D eigenvalue weighted by atomic mass is 10.1. The summed E-state index contributed by atoms with van der Waals surface area (Å²) in [7, 11) is 1.65. The summed E-state index contributed by atoms with van der Waals surface area (Å²) in [5.74, 6) is 0.834. The minimum atomic E-state index is -0.259. The smallest absolute Gasteiger partial charge is 0.321 e. The van der Waals surface area contributed by atoms with Gasteiger partial charge in [0.25, 0.3) is 0 Å². The van der Waals surface area contributed by atoms with Crippen LogP contribution in [0.4, 0.5) is 9.93 Å². The van der Waals surface area contributed by atoms with Gasteiger partial charge in [0, 0.05) is 18.1 Å². The molecule has 0 spiro atoms. The molecule has 0 aliphatic carbocycles. The minimum absolute atomic E-state index is 0.259. The molecule has 1 aromatic heterocycles. The number of aromatic nitrogens is 1. The lowest BCUT2D eigenvalue weighted by molar-refractivity contribution is 0.251. The van der Waals surface area contributed by atoms with E-state index in [1.165, 1.54) is 11.3 Å². The van der Waals surface area contributed by atoms with Gasteiger partial charge in [0.1, 0.15) is 5.75 Å². The van der Waals surface area contributed by atoms with Crippen LogP contribution < -0.4 is 15.4 Å². The molecule has 6 heteroatoms. The fourth-order valence-electron chi connectivity index (χ4n) is 2.12. The van der Waals surface area contributed by atoms with Gasteiger partial charge in [-0.05, 0) is 34.5 Å². The summed E-state index contributed by atoms with van der Waals surface area (Å²) in [6, 6.07) is 11.7. The highest BCUT2D eigenvalue weighted by molar-refractivity contribution is 7.13. The highest BCUT2D eigenvalue weighted by Gasteiger charge is 2.04. The first-order valence-corrected chi connectivity index (χ1v) is 7.63. The van der Waals surface area contributed by atoms with E-state index in [1.54, 1.807) is 13.3 Å². The zero-order valence-corrected chi connectivity index (χ0v) is 12.8. The number of hydrogen-bond donors (Lipinski definition) is 2. The summed E-state index contributed by atoms with van der Waals surface area (Å²) in [6.45, 7) is 0.458. The largest absolute Gasteiger partial charge is 0.497 e. The van der Waals surface area contributed by atoms with Gasteiger partial charge >= 0.3 is 6.03 Å². The van der Waals surface area contributed by atoms with Crippen LogP contribution in [0.2, 0.25) is 0 Å². The van der Waals surface area contributed by atoms with Crippen LogP contribution in [0.15, 0.2) is 48.0 Å². The summed E-state index contributed by atoms with van der Waals surface area (Å²) in [5, 5.41) is 10.1. The number of benzene rings is 2. The molecule has 0 unspecified atom stereocenters. The Bertz CT molecular complexity index is 787. The van der Waals surface area contributed by atoms with E-state index < -0.39 is 0 Å². The van der Waals surface area contributed by atoms with Gasteiger partial charge in [0.2, 0.25) is 0 Å². The number of anilines is 1. The number of fused-ring (bicyclic) bond motifs is 1. The molecular formula is C16H15N3O2S. The zero-order valence-electron chi connectivity index (χ0n) is 12.0. The van der Waals surface area contributed by atoms with Gasteiger partial charge in [-0.25, -0.2) is 9.78 Å². The number of carbonyl (C=O) groups is 1. The average molecular weight is 313 g/mol. The predicted octanol–water partition coefficient (Wildman–Crippen LogP) is 3.63. The van der Waals surface area contributed by atoms with Crippen LogP contribution in [0.5, 0.6) is 5.75 Å². The van der Waals surface area contributed by atoms with E-state index in [0.717, 1.165) is 22.1 Å². The van der Waals surface area contributed by atoms with Crippen LogP contribution in [0.3, 0.4) is 0 Å². The topological polar surface area (TPSA) is 63.2 Å². The molecule has 0 fully saturated rings. The molecule has 1 heterocycles. The SMILES string of the molecule is COc1ccc2cc(CNC(=O)Nc3nccs3)ccc2c1. The van der Waals surface area contributed by atoms with Crippen LogP contribution in [0.25, 0.3) is 10.8 Å². The van der Waals surface area contributed by atoms with Crippen LogP contribution in [0.1, 0.15) is 5.56 Å². The van der Waals surface area contributed by atoms with Gasteiger partial charge in [-0.3, -0.25) is 5.32 Å². The number of ether oxygens (including phenoxy) is 1. The molecule has 112 valence electrons. The molecule has 0 bridgehead atoms. The summed E-state index contributed by atoms with van der Waals surface area (Å²) in [6.07, 6.45) is 1.65. The maximum absolute atomic E-state index is 11.8. The van der Waals surface area contributed by atoms with Crippen molar-refractivity contribution in [3.05, 3.63) is 53.5 Å². The third kappa shape index (κ3) is 3.35. The molecule has 0 aliphatic rings. The number of hydrogen-bond acceptors (Lipinski definition) is 4. The van der Waals surface area contributed by atoms with Crippen LogP contribution in [-0.2, 0) is 6.54 Å². The number of amides is 2. The van der Waals surface area contributed by atoms with Gasteiger partial charge in [-0.2, -0.15) is 0 Å². The summed E-state index contributed by atoms with van der Waals surface area (Å²) in [4.78, 5) is 15.8. The molecule has 0 saturated carbocycles. The van der Waals surface area contributed by atoms with Gasteiger partial charge in [-0.15, -0.1) is 11.3 Å². The number of urea groups is 1. The zero-order chi connectivity index (χ0) is 15.4. The maximum Gasteiger partial charge on any atom is 0.321 e. The number of nitrogens with zero attached hydrogens (tertiary/aromatic N) is 1. The van der Waals surface area contributed by atoms with Crippen molar-refractivity contribution in [2.45, 2.75) is 6.54 Å². The van der Waals surface area contributed by atoms with Crippen LogP contribution in [-0.4, -0.2) is 18.1 Å². The van der Waals surface area contributed by atoms with Crippen LogP contribution >= 0.6 is 11.3 Å². The second kappa shape index (κ2) is 6.44. The molecule has 2 aromatic carbocycles. The summed E-state index contributed by atoms with van der Waals surface area (Å²) >= 11 is 1.38. The van der Waals surface area contributed by atoms with Gasteiger partial charge in [0.15, 0.2) is 5.13 Å². The van der Waals surface area contributed by atoms with Gasteiger partial charge < -0.3 is 10.1 Å². The third-order valence-corrected chi connectivity index (χ3v) is 3.91. The standard InChI is InChI=1S/C16H15N3O2S/c1-21-14-5-4-12-8-11(2-3-13(12)9-14)10-18-15(20)19-16-17-6-7-22-16/h2-9H,10H2,1H3,(H2,17,18,19,20). The van der Waals surface area contributed by atoms with E-state index in [4.69, 9.17) is 4.74 Å². The second-order valence-electron chi connectivity index (χ2n) is 4.69. The number of methoxy groups -OCH3 is 1. The molecule has 0 radical (unpaired) electrons. The Kier molecular flexibility index (Phi) is 4.20. The quantitative estimate of drug-likeness (QED) is 0.773. The molecule has 5 nitrogen and oxygen atoms in total. The molecule has 3 aromatic rings. The monoisotopic (exact) mass is 313 g/mol. The average Bonchev–Trinajstić information content (AvgIpc) is 3.05. The molecule has 22 heavy (non-hydrogen) atoms. The Morgan fingerprint density at radius 2 is 2.05 bits per heavy atom. The number of rotatable bonds is 4. The Morgan fingerprint density at radius 3 is 2.82 bits per heavy atom. The highest BCUT2D eigenvalue weighted by atomic mass is 32.1. The van der Waals surface area contributed by atoms with Crippen molar-refractivity contribution in [3.8, 4) is 5.75 Å². The molecular weight excluding hydrogens is 298 g/mol. The maximum atomic E-state index is 11.8. The van der Waals surface area contributed by atoms with Crippen molar-refractivity contribution in [1.29, 1.82) is 0 Å². The fraction of sp³-hybridized carbons (Fsp3) is 0.125. The second-order valence-corrected chi connectivity index (χ2v) is 5.59. The Morgan fingerprint density at radius 1 is 1.23 bits per heavy atom. The van der Waals surface area contributed by atoms with Crippen LogP contribution in [0, 0.1) is 0 Å². The first-order valence-electron chi connectivity index (χ1n) is 6.75. The summed E-state index contributed by atoms with van der Waals surface area (Å²) < 4.78 is 5.21. The lowest BCUT2D eigenvalue weighted by Crippen LogP contribution is -2.28. The Hall–Kier alpha value is -2.60. The van der Waals surface area contributed by atoms with E-state index in [-0.39, 0.29) is 6.03 Å². The van der Waals surface area contributed by atoms with E-state index in [1.807, 2.05) is 35.7 Å². The van der Waals surface area contributed by atoms with E-state index >= 15 is 0 Å². The number of carbonyl (C=O) groups excluding carboxylic acids is 1.